The summed E-state index contributed by atoms with van der Waals surface area (Å²) in [5.41, 5.74) is 0.196. The first-order valence-corrected chi connectivity index (χ1v) is 7.41. The minimum Gasteiger partial charge on any atom is -0.314 e. The highest BCUT2D eigenvalue weighted by atomic mass is 32.2. The fourth-order valence-electron chi connectivity index (χ4n) is 2.20. The van der Waals surface area contributed by atoms with Gasteiger partial charge in [0.15, 0.2) is 0 Å². The van der Waals surface area contributed by atoms with Gasteiger partial charge in [-0.3, -0.25) is 0 Å². The van der Waals surface area contributed by atoms with Crippen molar-refractivity contribution in [1.82, 2.24) is 14.3 Å². The Labute approximate surface area is 97.8 Å². The molecule has 0 aromatic heterocycles. The molecule has 2 aliphatic rings. The third-order valence-corrected chi connectivity index (χ3v) is 5.21. The van der Waals surface area contributed by atoms with Gasteiger partial charge < -0.3 is 5.32 Å². The van der Waals surface area contributed by atoms with Gasteiger partial charge in [-0.2, -0.15) is 12.7 Å². The molecule has 16 heavy (non-hydrogen) atoms. The molecule has 0 bridgehead atoms. The quantitative estimate of drug-likeness (QED) is 0.730. The summed E-state index contributed by atoms with van der Waals surface area (Å²) in [5.74, 6) is 0. The molecule has 0 aromatic carbocycles. The average Bonchev–Trinajstić information content (AvgIpc) is 2.25. The van der Waals surface area contributed by atoms with Crippen LogP contribution in [0, 0.1) is 5.41 Å². The van der Waals surface area contributed by atoms with Gasteiger partial charge >= 0.3 is 0 Å². The summed E-state index contributed by atoms with van der Waals surface area (Å²) in [7, 11) is -3.25. The molecule has 0 amide bonds. The molecule has 2 fully saturated rings. The van der Waals surface area contributed by atoms with Crippen molar-refractivity contribution in [2.75, 3.05) is 32.7 Å². The van der Waals surface area contributed by atoms with E-state index in [2.05, 4.69) is 17.0 Å². The van der Waals surface area contributed by atoms with E-state index in [9.17, 15) is 8.42 Å². The van der Waals surface area contributed by atoms with E-state index in [1.54, 1.807) is 0 Å². The first-order valence-electron chi connectivity index (χ1n) is 5.97. The van der Waals surface area contributed by atoms with E-state index in [0.29, 0.717) is 19.6 Å². The number of hydrogen-bond donors (Lipinski definition) is 2. The standard InChI is InChI=1S/C10H21N3O2S/c1-10(3-2-4-10)9-12-16(14,15)13-7-5-11-6-8-13/h11-12H,2-9H2,1H3. The van der Waals surface area contributed by atoms with Gasteiger partial charge in [0.25, 0.3) is 10.2 Å². The topological polar surface area (TPSA) is 61.4 Å². The van der Waals surface area contributed by atoms with Crippen LogP contribution in [0.5, 0.6) is 0 Å². The van der Waals surface area contributed by atoms with Crippen LogP contribution in [0.25, 0.3) is 0 Å². The Morgan fingerprint density at radius 3 is 2.44 bits per heavy atom. The van der Waals surface area contributed by atoms with Crippen molar-refractivity contribution in [2.45, 2.75) is 26.2 Å². The highest BCUT2D eigenvalue weighted by Crippen LogP contribution is 2.39. The molecule has 5 nitrogen and oxygen atoms in total. The molecule has 2 rings (SSSR count). The van der Waals surface area contributed by atoms with Gasteiger partial charge in [0, 0.05) is 32.7 Å². The SMILES string of the molecule is CC1(CNS(=O)(=O)N2CCNCC2)CCC1. The van der Waals surface area contributed by atoms with Crippen LogP contribution in [-0.2, 0) is 10.2 Å². The zero-order valence-electron chi connectivity index (χ0n) is 9.83. The molecular formula is C10H21N3O2S. The number of piperazine rings is 1. The summed E-state index contributed by atoms with van der Waals surface area (Å²) in [6.45, 7) is 5.38. The average molecular weight is 247 g/mol. The molecule has 1 aliphatic heterocycles. The number of rotatable bonds is 4. The van der Waals surface area contributed by atoms with Crippen LogP contribution in [-0.4, -0.2) is 45.4 Å². The zero-order chi connectivity index (χ0) is 11.6. The van der Waals surface area contributed by atoms with Gasteiger partial charge in [0.2, 0.25) is 0 Å². The number of nitrogens with zero attached hydrogens (tertiary/aromatic N) is 1. The highest BCUT2D eigenvalue weighted by Gasteiger charge is 2.34. The van der Waals surface area contributed by atoms with E-state index in [0.717, 1.165) is 25.9 Å². The summed E-state index contributed by atoms with van der Waals surface area (Å²) in [6.07, 6.45) is 3.50. The molecule has 6 heteroatoms. The smallest absolute Gasteiger partial charge is 0.279 e. The van der Waals surface area contributed by atoms with Crippen LogP contribution in [0.3, 0.4) is 0 Å². The third-order valence-electron chi connectivity index (χ3n) is 3.66. The van der Waals surface area contributed by atoms with E-state index >= 15 is 0 Å². The van der Waals surface area contributed by atoms with Crippen LogP contribution in [0.15, 0.2) is 0 Å². The van der Waals surface area contributed by atoms with Gasteiger partial charge in [0.05, 0.1) is 0 Å². The molecular weight excluding hydrogens is 226 g/mol. The van der Waals surface area contributed by atoms with Crippen LogP contribution in [0.4, 0.5) is 0 Å². The van der Waals surface area contributed by atoms with E-state index in [4.69, 9.17) is 0 Å². The van der Waals surface area contributed by atoms with Crippen molar-refractivity contribution in [3.63, 3.8) is 0 Å². The maximum atomic E-state index is 12.0. The predicted octanol–water partition coefficient (Wildman–Crippen LogP) is -0.0838. The van der Waals surface area contributed by atoms with Crippen LogP contribution in [0.2, 0.25) is 0 Å². The Hall–Kier alpha value is -0.170. The molecule has 2 N–H and O–H groups in total. The normalized spacial score (nSPS) is 26.3. The molecule has 1 heterocycles. The van der Waals surface area contributed by atoms with Crippen molar-refractivity contribution in [3.8, 4) is 0 Å². The lowest BCUT2D eigenvalue weighted by Gasteiger charge is -2.39. The second-order valence-corrected chi connectivity index (χ2v) is 6.89. The molecule has 0 aromatic rings. The lowest BCUT2D eigenvalue weighted by atomic mass is 9.71. The fraction of sp³-hybridized carbons (Fsp3) is 1.00. The summed E-state index contributed by atoms with van der Waals surface area (Å²) < 4.78 is 28.2. The zero-order valence-corrected chi connectivity index (χ0v) is 10.6. The van der Waals surface area contributed by atoms with Crippen molar-refractivity contribution in [3.05, 3.63) is 0 Å². The maximum absolute atomic E-state index is 12.0. The second-order valence-electron chi connectivity index (χ2n) is 5.14. The summed E-state index contributed by atoms with van der Waals surface area (Å²) in [5, 5.41) is 3.15. The molecule has 1 saturated heterocycles. The predicted molar refractivity (Wildman–Crippen MR) is 63.3 cm³/mol. The molecule has 1 saturated carbocycles. The van der Waals surface area contributed by atoms with E-state index in [1.807, 2.05) is 0 Å². The molecule has 0 unspecified atom stereocenters. The molecule has 1 aliphatic carbocycles. The first kappa shape index (κ1) is 12.3. The molecule has 0 radical (unpaired) electrons. The Morgan fingerprint density at radius 2 is 1.94 bits per heavy atom. The molecule has 0 spiro atoms. The minimum atomic E-state index is -3.25. The van der Waals surface area contributed by atoms with E-state index in [1.165, 1.54) is 10.7 Å². The van der Waals surface area contributed by atoms with E-state index in [-0.39, 0.29) is 5.41 Å². The number of hydrogen-bond acceptors (Lipinski definition) is 3. The maximum Gasteiger partial charge on any atom is 0.279 e. The van der Waals surface area contributed by atoms with Crippen LogP contribution >= 0.6 is 0 Å². The van der Waals surface area contributed by atoms with Crippen molar-refractivity contribution in [1.29, 1.82) is 0 Å². The molecule has 0 atom stereocenters. The van der Waals surface area contributed by atoms with Crippen molar-refractivity contribution >= 4 is 10.2 Å². The monoisotopic (exact) mass is 247 g/mol. The third kappa shape index (κ3) is 2.74. The molecule has 94 valence electrons. The summed E-state index contributed by atoms with van der Waals surface area (Å²) >= 11 is 0. The van der Waals surface area contributed by atoms with Crippen molar-refractivity contribution < 1.29 is 8.42 Å². The summed E-state index contributed by atoms with van der Waals surface area (Å²) in [4.78, 5) is 0. The van der Waals surface area contributed by atoms with Gasteiger partial charge in [-0.05, 0) is 18.3 Å². The highest BCUT2D eigenvalue weighted by molar-refractivity contribution is 7.87. The van der Waals surface area contributed by atoms with Crippen molar-refractivity contribution in [2.24, 2.45) is 5.41 Å². The van der Waals surface area contributed by atoms with Gasteiger partial charge in [-0.15, -0.1) is 0 Å². The van der Waals surface area contributed by atoms with Crippen LogP contribution in [0.1, 0.15) is 26.2 Å². The number of nitrogens with one attached hydrogen (secondary N) is 2. The Morgan fingerprint density at radius 1 is 1.31 bits per heavy atom. The Balaban J connectivity index is 1.86. The first-order chi connectivity index (χ1) is 7.52. The van der Waals surface area contributed by atoms with Gasteiger partial charge in [-0.25, -0.2) is 4.72 Å². The van der Waals surface area contributed by atoms with Gasteiger partial charge in [-0.1, -0.05) is 13.3 Å². The van der Waals surface area contributed by atoms with Crippen LogP contribution < -0.4 is 10.0 Å². The lowest BCUT2D eigenvalue weighted by Crippen LogP contribution is -2.52. The van der Waals surface area contributed by atoms with Gasteiger partial charge in [0.1, 0.15) is 0 Å². The van der Waals surface area contributed by atoms with E-state index < -0.39 is 10.2 Å². The lowest BCUT2D eigenvalue weighted by molar-refractivity contribution is 0.165. The fourth-order valence-corrected chi connectivity index (χ4v) is 3.58. The summed E-state index contributed by atoms with van der Waals surface area (Å²) in [6, 6.07) is 0. The largest absolute Gasteiger partial charge is 0.314 e. The Kier molecular flexibility index (Phi) is 3.53. The minimum absolute atomic E-state index is 0.196. The Bertz CT molecular complexity index is 332. The second kappa shape index (κ2) is 4.60.